The first-order valence-electron chi connectivity index (χ1n) is 18.5. The number of hydrogen-bond acceptors (Lipinski definition) is 9. The van der Waals surface area contributed by atoms with E-state index in [2.05, 4.69) is 10.6 Å². The molecule has 1 aromatic carbocycles. The van der Waals surface area contributed by atoms with Gasteiger partial charge >= 0.3 is 5.97 Å². The fourth-order valence-corrected chi connectivity index (χ4v) is 6.89. The normalized spacial score (nSPS) is 19.3. The van der Waals surface area contributed by atoms with Gasteiger partial charge in [-0.3, -0.25) is 28.8 Å². The van der Waals surface area contributed by atoms with Crippen molar-refractivity contribution in [3.8, 4) is 0 Å². The lowest BCUT2D eigenvalue weighted by Crippen LogP contribution is -2.58. The van der Waals surface area contributed by atoms with Crippen LogP contribution in [-0.4, -0.2) is 143 Å². The van der Waals surface area contributed by atoms with Gasteiger partial charge in [0.1, 0.15) is 36.3 Å². The maximum absolute atomic E-state index is 14.0. The number of likely N-dealkylation sites (tertiary alicyclic amines) is 2. The van der Waals surface area contributed by atoms with Crippen LogP contribution < -0.4 is 10.6 Å². The Kier molecular flexibility index (Phi) is 15.8. The van der Waals surface area contributed by atoms with Crippen LogP contribution >= 0.6 is 0 Å². The molecule has 3 N–H and O–H groups in total. The van der Waals surface area contributed by atoms with Crippen molar-refractivity contribution >= 4 is 41.4 Å². The van der Waals surface area contributed by atoms with E-state index in [-0.39, 0.29) is 24.7 Å². The summed E-state index contributed by atoms with van der Waals surface area (Å²) in [6.07, 6.45) is 1.24. The highest BCUT2D eigenvalue weighted by atomic mass is 16.5. The summed E-state index contributed by atoms with van der Waals surface area (Å²) in [5, 5.41) is 15.6. The molecule has 2 fully saturated rings. The lowest BCUT2D eigenvalue weighted by atomic mass is 10.0. The third-order valence-electron chi connectivity index (χ3n) is 10.1. The molecule has 0 aliphatic carbocycles. The van der Waals surface area contributed by atoms with Crippen molar-refractivity contribution in [2.24, 2.45) is 11.8 Å². The molecule has 0 spiro atoms. The maximum Gasteiger partial charge on any atom is 0.328 e. The lowest BCUT2D eigenvalue weighted by Gasteiger charge is -2.35. The largest absolute Gasteiger partial charge is 0.467 e. The number of rotatable bonds is 16. The summed E-state index contributed by atoms with van der Waals surface area (Å²) in [6.45, 7) is 8.95. The smallest absolute Gasteiger partial charge is 0.328 e. The number of hydrogen-bond donors (Lipinski definition) is 3. The number of nitrogens with zero attached hydrogens (tertiary/aromatic N) is 4. The van der Waals surface area contributed by atoms with E-state index in [4.69, 9.17) is 4.74 Å². The van der Waals surface area contributed by atoms with Gasteiger partial charge < -0.3 is 40.1 Å². The van der Waals surface area contributed by atoms with Crippen molar-refractivity contribution in [2.45, 2.75) is 109 Å². The third-order valence-corrected chi connectivity index (χ3v) is 10.1. The predicted molar refractivity (Wildman–Crippen MR) is 196 cm³/mol. The minimum absolute atomic E-state index is 0.0224. The molecule has 0 radical (unpaired) electrons. The summed E-state index contributed by atoms with van der Waals surface area (Å²) in [7, 11) is 4.21. The first-order chi connectivity index (χ1) is 25.0. The second-order valence-electron chi connectivity index (χ2n) is 14.8. The second kappa shape index (κ2) is 19.5. The summed E-state index contributed by atoms with van der Waals surface area (Å²) >= 11 is 0. The molecule has 2 aliphatic rings. The van der Waals surface area contributed by atoms with Crippen LogP contribution in [-0.2, 0) is 44.7 Å². The fraction of sp³-hybridized carbons (Fsp3) is 0.658. The summed E-state index contributed by atoms with van der Waals surface area (Å²) in [6, 6.07) is 4.57. The summed E-state index contributed by atoms with van der Waals surface area (Å²) in [5.41, 5.74) is 0.806. The van der Waals surface area contributed by atoms with E-state index in [1.807, 2.05) is 44.2 Å². The van der Waals surface area contributed by atoms with Crippen molar-refractivity contribution in [3.05, 3.63) is 35.9 Å². The highest BCUT2D eigenvalue weighted by Gasteiger charge is 2.41. The molecule has 53 heavy (non-hydrogen) atoms. The van der Waals surface area contributed by atoms with E-state index >= 15 is 0 Å². The van der Waals surface area contributed by atoms with Crippen LogP contribution in [0.15, 0.2) is 30.3 Å². The molecule has 6 atom stereocenters. The van der Waals surface area contributed by atoms with E-state index in [0.29, 0.717) is 38.8 Å². The Labute approximate surface area is 312 Å². The second-order valence-corrected chi connectivity index (χ2v) is 14.8. The molecule has 15 heteroatoms. The van der Waals surface area contributed by atoms with Gasteiger partial charge in [0, 0.05) is 33.6 Å². The average Bonchev–Trinajstić information content (AvgIpc) is 3.84. The Morgan fingerprint density at radius 3 is 2.00 bits per heavy atom. The van der Waals surface area contributed by atoms with Gasteiger partial charge in [0.25, 0.3) is 5.91 Å². The molecule has 0 saturated carbocycles. The number of ether oxygens (including phenoxy) is 1. The molecule has 15 nitrogen and oxygen atoms in total. The van der Waals surface area contributed by atoms with Gasteiger partial charge in [-0.05, 0) is 56.4 Å². The van der Waals surface area contributed by atoms with Crippen molar-refractivity contribution in [2.75, 3.05) is 40.8 Å². The molecule has 0 unspecified atom stereocenters. The van der Waals surface area contributed by atoms with Crippen molar-refractivity contribution in [3.63, 3.8) is 0 Å². The van der Waals surface area contributed by atoms with E-state index in [1.54, 1.807) is 13.8 Å². The quantitative estimate of drug-likeness (QED) is 0.205. The number of aliphatic hydroxyl groups is 1. The van der Waals surface area contributed by atoms with Crippen molar-refractivity contribution in [1.29, 1.82) is 0 Å². The first-order valence-corrected chi connectivity index (χ1v) is 18.5. The summed E-state index contributed by atoms with van der Waals surface area (Å²) in [4.78, 5) is 98.7. The maximum atomic E-state index is 14.0. The molecule has 2 aliphatic heterocycles. The number of benzene rings is 1. The minimum atomic E-state index is -1.24. The zero-order valence-electron chi connectivity index (χ0n) is 32.4. The number of nitrogens with one attached hydrogen (secondary N) is 2. The molecule has 0 bridgehead atoms. The SMILES string of the molecule is COC(=O)[C@H]1CCCN1C(=O)[C@H](Cc1ccccc1)N(C)C(=O)[C@@H](C)NC(=O)[C@H](CC(C)C)N(C)C(=O)CNC(=O)[C@H]1CCCN1C(=O)[C@H](O)C(C)C. The zero-order chi connectivity index (χ0) is 39.6. The number of amides is 6. The lowest BCUT2D eigenvalue weighted by molar-refractivity contribution is -0.154. The van der Waals surface area contributed by atoms with Crippen LogP contribution in [0.1, 0.15) is 72.3 Å². The van der Waals surface area contributed by atoms with Gasteiger partial charge in [-0.2, -0.15) is 0 Å². The topological polar surface area (TPSA) is 186 Å². The molecule has 3 rings (SSSR count). The predicted octanol–water partition coefficient (Wildman–Crippen LogP) is 0.722. The Morgan fingerprint density at radius 1 is 0.849 bits per heavy atom. The van der Waals surface area contributed by atoms with Crippen molar-refractivity contribution < 1.29 is 43.4 Å². The zero-order valence-corrected chi connectivity index (χ0v) is 32.4. The van der Waals surface area contributed by atoms with Crippen molar-refractivity contribution in [1.82, 2.24) is 30.2 Å². The molecular formula is C38H58N6O9. The van der Waals surface area contributed by atoms with Crippen LogP contribution in [0.4, 0.5) is 0 Å². The third kappa shape index (κ3) is 11.0. The van der Waals surface area contributed by atoms with Crippen LogP contribution in [0.25, 0.3) is 0 Å². The fourth-order valence-electron chi connectivity index (χ4n) is 6.89. The monoisotopic (exact) mass is 742 g/mol. The van der Waals surface area contributed by atoms with Crippen LogP contribution in [0.5, 0.6) is 0 Å². The molecular weight excluding hydrogens is 684 g/mol. The molecule has 294 valence electrons. The van der Waals surface area contributed by atoms with Crippen LogP contribution in [0, 0.1) is 11.8 Å². The molecule has 2 saturated heterocycles. The van der Waals surface area contributed by atoms with Gasteiger partial charge in [-0.1, -0.05) is 58.0 Å². The number of esters is 1. The van der Waals surface area contributed by atoms with Gasteiger partial charge in [0.2, 0.25) is 29.5 Å². The summed E-state index contributed by atoms with van der Waals surface area (Å²) < 4.78 is 4.93. The van der Waals surface area contributed by atoms with Crippen LogP contribution in [0.3, 0.4) is 0 Å². The number of likely N-dealkylation sites (N-methyl/N-ethyl adjacent to an activating group) is 2. The highest BCUT2D eigenvalue weighted by molar-refractivity contribution is 5.96. The molecule has 0 aromatic heterocycles. The Balaban J connectivity index is 1.71. The van der Waals surface area contributed by atoms with Gasteiger partial charge in [-0.15, -0.1) is 0 Å². The molecule has 6 amide bonds. The molecule has 2 heterocycles. The highest BCUT2D eigenvalue weighted by Crippen LogP contribution is 2.23. The van der Waals surface area contributed by atoms with E-state index < -0.39 is 84.3 Å². The number of methoxy groups -OCH3 is 1. The average molecular weight is 743 g/mol. The Morgan fingerprint density at radius 2 is 1.43 bits per heavy atom. The van der Waals surface area contributed by atoms with E-state index in [0.717, 1.165) is 5.56 Å². The van der Waals surface area contributed by atoms with E-state index in [1.165, 1.54) is 47.7 Å². The number of carbonyl (C=O) groups is 7. The Hall–Kier alpha value is -4.53. The van der Waals surface area contributed by atoms with Crippen LogP contribution in [0.2, 0.25) is 0 Å². The van der Waals surface area contributed by atoms with Gasteiger partial charge in [0.05, 0.1) is 13.7 Å². The standard InChI is InChI=1S/C38H58N6O9/c1-23(2)20-29(41(6)31(45)22-39-33(47)27-16-12-18-43(27)37(51)32(46)24(3)4)34(48)40-25(5)35(49)42(7)30(21-26-14-10-9-11-15-26)36(50)44-19-13-17-28(44)38(52)53-8/h9-11,14-15,23-25,27-30,32,46H,12-13,16-22H2,1-8H3,(H,39,47)(H,40,48)/t25-,27-,28-,29+,30+,32-/m1/s1. The summed E-state index contributed by atoms with van der Waals surface area (Å²) in [5.74, 6) is -3.98. The molecule has 1 aromatic rings. The number of carbonyl (C=O) groups excluding carboxylic acids is 7. The first kappa shape index (κ1) is 42.9. The Bertz CT molecular complexity index is 1470. The minimum Gasteiger partial charge on any atom is -0.467 e. The number of aliphatic hydroxyl groups excluding tert-OH is 1. The van der Waals surface area contributed by atoms with E-state index in [9.17, 15) is 38.7 Å². The van der Waals surface area contributed by atoms with Gasteiger partial charge in [-0.25, -0.2) is 4.79 Å². The van der Waals surface area contributed by atoms with Gasteiger partial charge in [0.15, 0.2) is 0 Å².